The number of carboxylic acids is 1. The Morgan fingerprint density at radius 2 is 1.90 bits per heavy atom. The number of hydrogen-bond donors (Lipinski definition) is 1. The number of carboxylic acid groups (broad SMARTS) is 1. The molecule has 0 spiro atoms. The summed E-state index contributed by atoms with van der Waals surface area (Å²) in [6.07, 6.45) is 0. The molecule has 3 rings (SSSR count). The average molecular weight is 282 g/mol. The van der Waals surface area contributed by atoms with Gasteiger partial charge in [0.15, 0.2) is 0 Å². The maximum Gasteiger partial charge on any atom is 0.339 e. The number of ether oxygens (including phenoxy) is 1. The van der Waals surface area contributed by atoms with Crippen LogP contribution >= 0.6 is 0 Å². The number of carbonyl (C=O) groups is 1. The van der Waals surface area contributed by atoms with E-state index in [1.165, 1.54) is 0 Å². The number of furan rings is 1. The molecule has 21 heavy (non-hydrogen) atoms. The van der Waals surface area contributed by atoms with Gasteiger partial charge >= 0.3 is 5.97 Å². The molecule has 0 aliphatic carbocycles. The molecule has 0 atom stereocenters. The van der Waals surface area contributed by atoms with Crippen molar-refractivity contribution >= 4 is 16.9 Å². The van der Waals surface area contributed by atoms with Crippen LogP contribution in [0.25, 0.3) is 11.0 Å². The van der Waals surface area contributed by atoms with Crippen molar-refractivity contribution in [3.63, 3.8) is 0 Å². The van der Waals surface area contributed by atoms with Crippen molar-refractivity contribution in [2.45, 2.75) is 13.8 Å². The van der Waals surface area contributed by atoms with E-state index < -0.39 is 5.97 Å². The van der Waals surface area contributed by atoms with E-state index in [0.717, 1.165) is 11.3 Å². The van der Waals surface area contributed by atoms with Gasteiger partial charge in [-0.15, -0.1) is 0 Å². The fourth-order valence-electron chi connectivity index (χ4n) is 2.33. The molecule has 0 aliphatic heterocycles. The van der Waals surface area contributed by atoms with Crippen molar-refractivity contribution in [2.24, 2.45) is 0 Å². The van der Waals surface area contributed by atoms with E-state index in [9.17, 15) is 9.90 Å². The van der Waals surface area contributed by atoms with Crippen LogP contribution in [-0.2, 0) is 0 Å². The summed E-state index contributed by atoms with van der Waals surface area (Å²) >= 11 is 0. The molecule has 4 nitrogen and oxygen atoms in total. The Kier molecular flexibility index (Phi) is 3.14. The molecule has 3 aromatic rings. The second kappa shape index (κ2) is 4.98. The van der Waals surface area contributed by atoms with Crippen LogP contribution in [0, 0.1) is 13.8 Å². The number of hydrogen-bond acceptors (Lipinski definition) is 3. The minimum atomic E-state index is -1.00. The lowest BCUT2D eigenvalue weighted by atomic mass is 10.1. The standard InChI is InChI=1S/C17H14O4/c1-10-5-3-4-6-14(10)21-12-7-8-15-13(9-12)16(17(18)19)11(2)20-15/h3-9H,1-2H3,(H,18,19). The predicted molar refractivity (Wildman–Crippen MR) is 79.2 cm³/mol. The zero-order chi connectivity index (χ0) is 15.0. The first kappa shape index (κ1) is 13.2. The van der Waals surface area contributed by atoms with Crippen molar-refractivity contribution in [1.82, 2.24) is 0 Å². The Balaban J connectivity index is 2.07. The monoisotopic (exact) mass is 282 g/mol. The van der Waals surface area contributed by atoms with Crippen LogP contribution in [0.1, 0.15) is 21.7 Å². The van der Waals surface area contributed by atoms with Gasteiger partial charge < -0.3 is 14.3 Å². The first-order valence-corrected chi connectivity index (χ1v) is 6.56. The van der Waals surface area contributed by atoms with Crippen LogP contribution in [0.3, 0.4) is 0 Å². The molecule has 0 unspecified atom stereocenters. The molecule has 0 amide bonds. The lowest BCUT2D eigenvalue weighted by Crippen LogP contribution is -1.96. The number of rotatable bonds is 3. The van der Waals surface area contributed by atoms with Crippen molar-refractivity contribution in [2.75, 3.05) is 0 Å². The number of aromatic carboxylic acids is 1. The zero-order valence-corrected chi connectivity index (χ0v) is 11.7. The Morgan fingerprint density at radius 1 is 1.14 bits per heavy atom. The van der Waals surface area contributed by atoms with Crippen LogP contribution in [-0.4, -0.2) is 11.1 Å². The van der Waals surface area contributed by atoms with Crippen molar-refractivity contribution in [3.05, 3.63) is 59.4 Å². The molecule has 1 N–H and O–H groups in total. The second-order valence-electron chi connectivity index (χ2n) is 4.86. The molecule has 106 valence electrons. The summed E-state index contributed by atoms with van der Waals surface area (Å²) < 4.78 is 11.3. The van der Waals surface area contributed by atoms with Crippen LogP contribution in [0.4, 0.5) is 0 Å². The Labute approximate surface area is 121 Å². The van der Waals surface area contributed by atoms with Gasteiger partial charge in [0.2, 0.25) is 0 Å². The molecule has 2 aromatic carbocycles. The van der Waals surface area contributed by atoms with E-state index in [1.807, 2.05) is 31.2 Å². The van der Waals surface area contributed by atoms with Crippen molar-refractivity contribution < 1.29 is 19.1 Å². The minimum Gasteiger partial charge on any atom is -0.478 e. The van der Waals surface area contributed by atoms with E-state index in [-0.39, 0.29) is 5.56 Å². The highest BCUT2D eigenvalue weighted by Crippen LogP contribution is 2.31. The lowest BCUT2D eigenvalue weighted by Gasteiger charge is -2.08. The fraction of sp³-hybridized carbons (Fsp3) is 0.118. The van der Waals surface area contributed by atoms with Crippen LogP contribution in [0.2, 0.25) is 0 Å². The summed E-state index contributed by atoms with van der Waals surface area (Å²) in [6.45, 7) is 3.60. The molecule has 0 radical (unpaired) electrons. The van der Waals surface area contributed by atoms with Gasteiger partial charge in [-0.2, -0.15) is 0 Å². The Hall–Kier alpha value is -2.75. The molecule has 0 bridgehead atoms. The van der Waals surface area contributed by atoms with Gasteiger partial charge in [-0.25, -0.2) is 4.79 Å². The van der Waals surface area contributed by atoms with Gasteiger partial charge in [0.1, 0.15) is 28.4 Å². The average Bonchev–Trinajstić information content (AvgIpc) is 2.76. The summed E-state index contributed by atoms with van der Waals surface area (Å²) in [7, 11) is 0. The molecule has 4 heteroatoms. The number of fused-ring (bicyclic) bond motifs is 1. The van der Waals surface area contributed by atoms with Crippen LogP contribution < -0.4 is 4.74 Å². The molecule has 1 heterocycles. The lowest BCUT2D eigenvalue weighted by molar-refractivity contribution is 0.0697. The largest absolute Gasteiger partial charge is 0.478 e. The van der Waals surface area contributed by atoms with E-state index in [0.29, 0.717) is 22.5 Å². The van der Waals surface area contributed by atoms with E-state index in [1.54, 1.807) is 25.1 Å². The summed E-state index contributed by atoms with van der Waals surface area (Å²) in [5.41, 5.74) is 1.74. The highest BCUT2D eigenvalue weighted by Gasteiger charge is 2.18. The molecular formula is C17H14O4. The summed E-state index contributed by atoms with van der Waals surface area (Å²) in [5, 5.41) is 9.82. The van der Waals surface area contributed by atoms with E-state index in [2.05, 4.69) is 0 Å². The minimum absolute atomic E-state index is 0.181. The van der Waals surface area contributed by atoms with E-state index >= 15 is 0 Å². The SMILES string of the molecule is Cc1ccccc1Oc1ccc2oc(C)c(C(=O)O)c2c1. The third-order valence-corrected chi connectivity index (χ3v) is 3.37. The van der Waals surface area contributed by atoms with Crippen molar-refractivity contribution in [3.8, 4) is 11.5 Å². The molecule has 0 fully saturated rings. The maximum absolute atomic E-state index is 11.3. The van der Waals surface area contributed by atoms with Gasteiger partial charge in [0.05, 0.1) is 0 Å². The highest BCUT2D eigenvalue weighted by atomic mass is 16.5. The summed E-state index contributed by atoms with van der Waals surface area (Å²) in [5.74, 6) is 0.721. The van der Waals surface area contributed by atoms with E-state index in [4.69, 9.17) is 9.15 Å². The Morgan fingerprint density at radius 3 is 2.62 bits per heavy atom. The highest BCUT2D eigenvalue weighted by molar-refractivity contribution is 6.03. The first-order valence-electron chi connectivity index (χ1n) is 6.56. The van der Waals surface area contributed by atoms with Crippen LogP contribution in [0.15, 0.2) is 46.9 Å². The third kappa shape index (κ3) is 2.36. The number of para-hydroxylation sites is 1. The number of aryl methyl sites for hydroxylation is 2. The predicted octanol–water partition coefficient (Wildman–Crippen LogP) is 4.54. The maximum atomic E-state index is 11.3. The first-order chi connectivity index (χ1) is 10.1. The Bertz CT molecular complexity index is 830. The van der Waals surface area contributed by atoms with Crippen molar-refractivity contribution in [1.29, 1.82) is 0 Å². The quantitative estimate of drug-likeness (QED) is 0.766. The summed E-state index contributed by atoms with van der Waals surface area (Å²) in [6, 6.07) is 12.9. The van der Waals surface area contributed by atoms with Gasteiger partial charge in [-0.3, -0.25) is 0 Å². The number of benzene rings is 2. The normalized spacial score (nSPS) is 10.8. The molecular weight excluding hydrogens is 268 g/mol. The van der Waals surface area contributed by atoms with Gasteiger partial charge in [0, 0.05) is 5.39 Å². The second-order valence-corrected chi connectivity index (χ2v) is 4.86. The van der Waals surface area contributed by atoms with Gasteiger partial charge in [-0.1, -0.05) is 18.2 Å². The zero-order valence-electron chi connectivity index (χ0n) is 11.7. The van der Waals surface area contributed by atoms with Gasteiger partial charge in [-0.05, 0) is 43.7 Å². The fourth-order valence-corrected chi connectivity index (χ4v) is 2.33. The topological polar surface area (TPSA) is 59.7 Å². The van der Waals surface area contributed by atoms with Gasteiger partial charge in [0.25, 0.3) is 0 Å². The molecule has 0 saturated heterocycles. The molecule has 1 aromatic heterocycles. The smallest absolute Gasteiger partial charge is 0.339 e. The summed E-state index contributed by atoms with van der Waals surface area (Å²) in [4.78, 5) is 11.3. The van der Waals surface area contributed by atoms with Crippen LogP contribution in [0.5, 0.6) is 11.5 Å². The third-order valence-electron chi connectivity index (χ3n) is 3.37. The molecule has 0 aliphatic rings. The molecule has 0 saturated carbocycles.